The number of hydrogen-bond donors (Lipinski definition) is 1. The second-order valence-corrected chi connectivity index (χ2v) is 4.36. The minimum absolute atomic E-state index is 0.939. The first-order valence-corrected chi connectivity index (χ1v) is 5.42. The zero-order valence-electron chi connectivity index (χ0n) is 8.02. The van der Waals surface area contributed by atoms with Gasteiger partial charge in [-0.3, -0.25) is 0 Å². The first kappa shape index (κ1) is 9.59. The molecule has 14 heavy (non-hydrogen) atoms. The second-order valence-electron chi connectivity index (χ2n) is 3.50. The largest absolute Gasteiger partial charge is 0.373 e. The van der Waals surface area contributed by atoms with Crippen LogP contribution in [-0.4, -0.2) is 18.0 Å². The lowest BCUT2D eigenvalue weighted by atomic mass is 10.0. The van der Waals surface area contributed by atoms with E-state index in [1.807, 2.05) is 6.20 Å². The van der Waals surface area contributed by atoms with Gasteiger partial charge in [0.05, 0.1) is 0 Å². The van der Waals surface area contributed by atoms with E-state index >= 15 is 0 Å². The average Bonchev–Trinajstić information content (AvgIpc) is 2.19. The molecule has 0 saturated heterocycles. The van der Waals surface area contributed by atoms with Crippen LogP contribution in [0.3, 0.4) is 0 Å². The first-order chi connectivity index (χ1) is 6.70. The van der Waals surface area contributed by atoms with Crippen molar-refractivity contribution in [2.45, 2.75) is 6.42 Å². The summed E-state index contributed by atoms with van der Waals surface area (Å²) in [5.41, 5.74) is 3.59. The van der Waals surface area contributed by atoms with E-state index in [9.17, 15) is 0 Å². The topological polar surface area (TPSA) is 15.3 Å². The molecule has 74 valence electrons. The Labute approximate surface area is 92.8 Å². The van der Waals surface area contributed by atoms with E-state index in [-0.39, 0.29) is 0 Å². The van der Waals surface area contributed by atoms with Gasteiger partial charge in [-0.2, -0.15) is 0 Å². The number of rotatable bonds is 1. The fourth-order valence-corrected chi connectivity index (χ4v) is 2.10. The molecule has 0 aromatic rings. The van der Waals surface area contributed by atoms with Crippen LogP contribution < -0.4 is 5.32 Å². The Hall–Kier alpha value is -0.960. The van der Waals surface area contributed by atoms with Crippen molar-refractivity contribution in [2.75, 3.05) is 13.1 Å². The standard InChI is InChI=1S/C11H13BrN2/c1-3-14-5-4-11-9(7-14)6-10(12)8(2)13-11/h3,6,13H,1-2,4-5,7H2. The van der Waals surface area contributed by atoms with E-state index in [1.165, 1.54) is 11.3 Å². The molecule has 0 spiro atoms. The van der Waals surface area contributed by atoms with Crippen LogP contribution >= 0.6 is 15.9 Å². The van der Waals surface area contributed by atoms with Crippen LogP contribution in [0.5, 0.6) is 0 Å². The van der Waals surface area contributed by atoms with E-state index in [4.69, 9.17) is 0 Å². The lowest BCUT2D eigenvalue weighted by Crippen LogP contribution is -2.32. The summed E-state index contributed by atoms with van der Waals surface area (Å²) in [6.45, 7) is 9.69. The molecule has 0 unspecified atom stereocenters. The number of nitrogens with zero attached hydrogens (tertiary/aromatic N) is 1. The maximum absolute atomic E-state index is 3.93. The third-order valence-electron chi connectivity index (χ3n) is 2.56. The normalized spacial score (nSPS) is 21.4. The maximum atomic E-state index is 3.93. The zero-order chi connectivity index (χ0) is 10.1. The molecule has 2 nitrogen and oxygen atoms in total. The molecular weight excluding hydrogens is 240 g/mol. The molecule has 0 aromatic heterocycles. The van der Waals surface area contributed by atoms with Crippen molar-refractivity contribution < 1.29 is 0 Å². The molecule has 1 N–H and O–H groups in total. The van der Waals surface area contributed by atoms with Crippen LogP contribution in [0.4, 0.5) is 0 Å². The number of halogens is 1. The summed E-state index contributed by atoms with van der Waals surface area (Å²) in [4.78, 5) is 2.21. The lowest BCUT2D eigenvalue weighted by molar-refractivity contribution is 0.387. The smallest absolute Gasteiger partial charge is 0.0453 e. The van der Waals surface area contributed by atoms with Gasteiger partial charge in [0.1, 0.15) is 0 Å². The van der Waals surface area contributed by atoms with Gasteiger partial charge in [-0.15, -0.1) is 0 Å². The quantitative estimate of drug-likeness (QED) is 0.772. The Kier molecular flexibility index (Phi) is 2.50. The molecule has 2 aliphatic rings. The molecule has 0 bridgehead atoms. The second kappa shape index (κ2) is 3.65. The summed E-state index contributed by atoms with van der Waals surface area (Å²) in [6.07, 6.45) is 5.08. The molecule has 0 aliphatic carbocycles. The SMILES string of the molecule is C=CN1CCC2=C(C=C(Br)C(=C)N2)C1. The molecule has 2 aliphatic heterocycles. The van der Waals surface area contributed by atoms with E-state index in [2.05, 4.69) is 45.4 Å². The van der Waals surface area contributed by atoms with Crippen molar-refractivity contribution in [1.82, 2.24) is 10.2 Å². The molecular formula is C11H13BrN2. The highest BCUT2D eigenvalue weighted by Gasteiger charge is 2.19. The Balaban J connectivity index is 2.26. The summed E-state index contributed by atoms with van der Waals surface area (Å²) >= 11 is 3.48. The predicted molar refractivity (Wildman–Crippen MR) is 62.7 cm³/mol. The summed E-state index contributed by atoms with van der Waals surface area (Å²) < 4.78 is 1.04. The van der Waals surface area contributed by atoms with Crippen molar-refractivity contribution in [3.8, 4) is 0 Å². The van der Waals surface area contributed by atoms with Crippen LogP contribution in [0.1, 0.15) is 6.42 Å². The van der Waals surface area contributed by atoms with Gasteiger partial charge in [0.15, 0.2) is 0 Å². The van der Waals surface area contributed by atoms with Crippen molar-refractivity contribution >= 4 is 15.9 Å². The summed E-state index contributed by atoms with van der Waals surface area (Å²) in [5.74, 6) is 0. The zero-order valence-corrected chi connectivity index (χ0v) is 9.60. The predicted octanol–water partition coefficient (Wildman–Crippen LogP) is 2.49. The highest BCUT2D eigenvalue weighted by molar-refractivity contribution is 9.12. The molecule has 0 fully saturated rings. The van der Waals surface area contributed by atoms with E-state index < -0.39 is 0 Å². The molecule has 2 heterocycles. The molecule has 3 heteroatoms. The van der Waals surface area contributed by atoms with E-state index in [1.54, 1.807) is 0 Å². The number of hydrogen-bond acceptors (Lipinski definition) is 2. The third-order valence-corrected chi connectivity index (χ3v) is 3.27. The van der Waals surface area contributed by atoms with Gasteiger partial charge < -0.3 is 10.2 Å². The molecule has 0 saturated carbocycles. The van der Waals surface area contributed by atoms with Crippen molar-refractivity contribution in [2.24, 2.45) is 0 Å². The van der Waals surface area contributed by atoms with Crippen LogP contribution in [-0.2, 0) is 0 Å². The van der Waals surface area contributed by atoms with E-state index in [0.717, 1.165) is 29.7 Å². The first-order valence-electron chi connectivity index (χ1n) is 4.63. The number of dihydropyridines is 1. The monoisotopic (exact) mass is 252 g/mol. The van der Waals surface area contributed by atoms with Gasteiger partial charge in [-0.1, -0.05) is 13.2 Å². The average molecular weight is 253 g/mol. The number of allylic oxidation sites excluding steroid dienone is 1. The maximum Gasteiger partial charge on any atom is 0.0453 e. The van der Waals surface area contributed by atoms with Crippen LogP contribution in [0, 0.1) is 0 Å². The Morgan fingerprint density at radius 1 is 1.57 bits per heavy atom. The molecule has 0 amide bonds. The van der Waals surface area contributed by atoms with Crippen molar-refractivity contribution in [3.05, 3.63) is 46.9 Å². The van der Waals surface area contributed by atoms with Crippen LogP contribution in [0.2, 0.25) is 0 Å². The minimum atomic E-state index is 0.939. The van der Waals surface area contributed by atoms with E-state index in [0.29, 0.717) is 0 Å². The van der Waals surface area contributed by atoms with Gasteiger partial charge >= 0.3 is 0 Å². The third kappa shape index (κ3) is 1.64. The van der Waals surface area contributed by atoms with Crippen LogP contribution in [0.15, 0.2) is 46.9 Å². The van der Waals surface area contributed by atoms with Crippen molar-refractivity contribution in [3.63, 3.8) is 0 Å². The van der Waals surface area contributed by atoms with Gasteiger partial charge in [0, 0.05) is 35.4 Å². The molecule has 0 atom stereocenters. The van der Waals surface area contributed by atoms with Gasteiger partial charge in [0.25, 0.3) is 0 Å². The molecule has 2 rings (SSSR count). The van der Waals surface area contributed by atoms with Crippen LogP contribution in [0.25, 0.3) is 0 Å². The summed E-state index contributed by atoms with van der Waals surface area (Å²) in [5, 5.41) is 3.32. The van der Waals surface area contributed by atoms with Gasteiger partial charge in [0.2, 0.25) is 0 Å². The number of nitrogens with one attached hydrogen (secondary N) is 1. The highest BCUT2D eigenvalue weighted by Crippen LogP contribution is 2.28. The minimum Gasteiger partial charge on any atom is -0.373 e. The fourth-order valence-electron chi connectivity index (χ4n) is 1.72. The Morgan fingerprint density at radius 2 is 2.36 bits per heavy atom. The van der Waals surface area contributed by atoms with Crippen molar-refractivity contribution in [1.29, 1.82) is 0 Å². The highest BCUT2D eigenvalue weighted by atomic mass is 79.9. The van der Waals surface area contributed by atoms with Gasteiger partial charge in [-0.25, -0.2) is 0 Å². The summed E-state index contributed by atoms with van der Waals surface area (Å²) in [7, 11) is 0. The molecule has 0 radical (unpaired) electrons. The Morgan fingerprint density at radius 3 is 3.07 bits per heavy atom. The summed E-state index contributed by atoms with van der Waals surface area (Å²) in [6, 6.07) is 0. The molecule has 0 aromatic carbocycles. The lowest BCUT2D eigenvalue weighted by Gasteiger charge is -2.32. The fraction of sp³-hybridized carbons (Fsp3) is 0.273. The Bertz CT molecular complexity index is 352. The van der Waals surface area contributed by atoms with Gasteiger partial charge in [-0.05, 0) is 33.8 Å².